The molecular weight excluding hydrogens is 390 g/mol. The van der Waals surface area contributed by atoms with E-state index in [-0.39, 0.29) is 11.9 Å². The number of hydrogen-bond donors (Lipinski definition) is 2. The molecule has 0 spiro atoms. The van der Waals surface area contributed by atoms with Crippen LogP contribution in [-0.2, 0) is 11.2 Å². The average Bonchev–Trinajstić information content (AvgIpc) is 2.80. The highest BCUT2D eigenvalue weighted by molar-refractivity contribution is 5.89. The van der Waals surface area contributed by atoms with Crippen LogP contribution in [0.5, 0.6) is 5.75 Å². The Balaban J connectivity index is 1.30. The minimum absolute atomic E-state index is 0.0341. The van der Waals surface area contributed by atoms with E-state index in [1.54, 1.807) is 7.11 Å². The van der Waals surface area contributed by atoms with Gasteiger partial charge in [0.1, 0.15) is 5.75 Å². The summed E-state index contributed by atoms with van der Waals surface area (Å²) < 4.78 is 5.22. The number of amides is 3. The van der Waals surface area contributed by atoms with Gasteiger partial charge >= 0.3 is 6.03 Å². The second-order valence-corrected chi connectivity index (χ2v) is 8.22. The van der Waals surface area contributed by atoms with Crippen molar-refractivity contribution in [1.82, 2.24) is 10.2 Å². The van der Waals surface area contributed by atoms with E-state index in [4.69, 9.17) is 4.74 Å². The van der Waals surface area contributed by atoms with E-state index in [1.807, 2.05) is 60.4 Å². The van der Waals surface area contributed by atoms with Gasteiger partial charge in [-0.25, -0.2) is 4.79 Å². The molecule has 2 N–H and O–H groups in total. The zero-order valence-corrected chi connectivity index (χ0v) is 18.5. The summed E-state index contributed by atoms with van der Waals surface area (Å²) in [6.45, 7) is 4.23. The molecule has 0 radical (unpaired) electrons. The maximum atomic E-state index is 12.4. The topological polar surface area (TPSA) is 70.7 Å². The van der Waals surface area contributed by atoms with E-state index in [9.17, 15) is 9.59 Å². The summed E-state index contributed by atoms with van der Waals surface area (Å²) in [5, 5.41) is 6.01. The first kappa shape index (κ1) is 22.7. The number of anilines is 1. The number of methoxy groups -OCH3 is 1. The van der Waals surface area contributed by atoms with E-state index in [1.165, 1.54) is 5.56 Å². The van der Waals surface area contributed by atoms with E-state index >= 15 is 0 Å². The van der Waals surface area contributed by atoms with Gasteiger partial charge in [-0.2, -0.15) is 0 Å². The molecule has 6 nitrogen and oxygen atoms in total. The monoisotopic (exact) mass is 423 g/mol. The number of ether oxygens (including phenoxy) is 1. The first-order chi connectivity index (χ1) is 15.0. The second kappa shape index (κ2) is 11.4. The number of aryl methyl sites for hydroxylation is 2. The third-order valence-corrected chi connectivity index (χ3v) is 5.85. The lowest BCUT2D eigenvalue weighted by Gasteiger charge is -2.32. The SMILES string of the molecule is COc1cccc(CCC(=O)NCCC2CCN(C(=O)Nc3ccc(C)cc3)CC2)c1. The van der Waals surface area contributed by atoms with Crippen LogP contribution in [0.4, 0.5) is 10.5 Å². The molecule has 1 fully saturated rings. The molecule has 1 aliphatic heterocycles. The van der Waals surface area contributed by atoms with Crippen molar-refractivity contribution in [2.24, 2.45) is 5.92 Å². The summed E-state index contributed by atoms with van der Waals surface area (Å²) in [4.78, 5) is 26.5. The van der Waals surface area contributed by atoms with Gasteiger partial charge in [-0.15, -0.1) is 0 Å². The fourth-order valence-corrected chi connectivity index (χ4v) is 3.85. The fourth-order valence-electron chi connectivity index (χ4n) is 3.85. The lowest BCUT2D eigenvalue weighted by atomic mass is 9.93. The van der Waals surface area contributed by atoms with Crippen LogP contribution >= 0.6 is 0 Å². The van der Waals surface area contributed by atoms with Crippen molar-refractivity contribution in [2.45, 2.75) is 39.0 Å². The van der Waals surface area contributed by atoms with E-state index in [0.717, 1.165) is 49.4 Å². The molecule has 0 aliphatic carbocycles. The Bertz CT molecular complexity index is 859. The fraction of sp³-hybridized carbons (Fsp3) is 0.440. The van der Waals surface area contributed by atoms with Gasteiger partial charge in [0.05, 0.1) is 7.11 Å². The normalized spacial score (nSPS) is 14.2. The third kappa shape index (κ3) is 7.31. The Kier molecular flexibility index (Phi) is 8.33. The Morgan fingerprint density at radius 3 is 2.55 bits per heavy atom. The van der Waals surface area contributed by atoms with E-state index in [0.29, 0.717) is 25.3 Å². The van der Waals surface area contributed by atoms with Gasteiger partial charge < -0.3 is 20.3 Å². The maximum absolute atomic E-state index is 12.4. The number of carbonyl (C=O) groups excluding carboxylic acids is 2. The number of rotatable bonds is 8. The molecule has 0 bridgehead atoms. The summed E-state index contributed by atoms with van der Waals surface area (Å²) in [6.07, 6.45) is 4.09. The lowest BCUT2D eigenvalue weighted by molar-refractivity contribution is -0.121. The summed E-state index contributed by atoms with van der Waals surface area (Å²) in [7, 11) is 1.65. The largest absolute Gasteiger partial charge is 0.497 e. The number of benzene rings is 2. The van der Waals surface area contributed by atoms with Crippen molar-refractivity contribution in [3.8, 4) is 5.75 Å². The predicted octanol–water partition coefficient (Wildman–Crippen LogP) is 4.39. The van der Waals surface area contributed by atoms with Crippen LogP contribution in [0.15, 0.2) is 48.5 Å². The van der Waals surface area contributed by atoms with Gasteiger partial charge in [-0.05, 0) is 68.4 Å². The molecule has 1 saturated heterocycles. The molecule has 3 amide bonds. The van der Waals surface area contributed by atoms with Crippen molar-refractivity contribution in [1.29, 1.82) is 0 Å². The van der Waals surface area contributed by atoms with Gasteiger partial charge in [-0.3, -0.25) is 4.79 Å². The molecule has 0 unspecified atom stereocenters. The molecule has 2 aromatic rings. The summed E-state index contributed by atoms with van der Waals surface area (Å²) >= 11 is 0. The number of nitrogens with zero attached hydrogens (tertiary/aromatic N) is 1. The number of carbonyl (C=O) groups is 2. The minimum atomic E-state index is -0.0341. The van der Waals surface area contributed by atoms with Crippen molar-refractivity contribution in [3.05, 3.63) is 59.7 Å². The van der Waals surface area contributed by atoms with Crippen LogP contribution in [0, 0.1) is 12.8 Å². The lowest BCUT2D eigenvalue weighted by Crippen LogP contribution is -2.41. The van der Waals surface area contributed by atoms with E-state index in [2.05, 4.69) is 10.6 Å². The Hall–Kier alpha value is -3.02. The molecule has 166 valence electrons. The molecule has 1 aliphatic rings. The zero-order valence-electron chi connectivity index (χ0n) is 18.5. The second-order valence-electron chi connectivity index (χ2n) is 8.22. The number of hydrogen-bond acceptors (Lipinski definition) is 3. The maximum Gasteiger partial charge on any atom is 0.321 e. The molecule has 3 rings (SSSR count). The smallest absolute Gasteiger partial charge is 0.321 e. The van der Waals surface area contributed by atoms with Gasteiger partial charge in [0.2, 0.25) is 5.91 Å². The van der Waals surface area contributed by atoms with Crippen molar-refractivity contribution in [3.63, 3.8) is 0 Å². The molecule has 1 heterocycles. The third-order valence-electron chi connectivity index (χ3n) is 5.85. The van der Waals surface area contributed by atoms with Gasteiger partial charge in [0.25, 0.3) is 0 Å². The van der Waals surface area contributed by atoms with Gasteiger partial charge in [-0.1, -0.05) is 29.8 Å². The molecule has 0 aromatic heterocycles. The first-order valence-corrected chi connectivity index (χ1v) is 11.1. The molecule has 0 atom stereocenters. The average molecular weight is 424 g/mol. The number of nitrogens with one attached hydrogen (secondary N) is 2. The van der Waals surface area contributed by atoms with Crippen LogP contribution in [0.2, 0.25) is 0 Å². The zero-order chi connectivity index (χ0) is 22.1. The Morgan fingerprint density at radius 1 is 1.10 bits per heavy atom. The summed E-state index contributed by atoms with van der Waals surface area (Å²) in [6, 6.07) is 15.6. The van der Waals surface area contributed by atoms with Crippen LogP contribution < -0.4 is 15.4 Å². The van der Waals surface area contributed by atoms with E-state index < -0.39 is 0 Å². The summed E-state index contributed by atoms with van der Waals surface area (Å²) in [5.74, 6) is 1.44. The van der Waals surface area contributed by atoms with Crippen LogP contribution in [0.3, 0.4) is 0 Å². The number of urea groups is 1. The number of piperidine rings is 1. The first-order valence-electron chi connectivity index (χ1n) is 11.1. The highest BCUT2D eigenvalue weighted by Gasteiger charge is 2.22. The molecule has 2 aromatic carbocycles. The van der Waals surface area contributed by atoms with Crippen molar-refractivity contribution >= 4 is 17.6 Å². The van der Waals surface area contributed by atoms with Gasteiger partial charge in [0, 0.05) is 31.7 Å². The quantitative estimate of drug-likeness (QED) is 0.662. The molecular formula is C25H33N3O3. The van der Waals surface area contributed by atoms with Crippen molar-refractivity contribution < 1.29 is 14.3 Å². The highest BCUT2D eigenvalue weighted by Crippen LogP contribution is 2.21. The Morgan fingerprint density at radius 2 is 1.84 bits per heavy atom. The molecule has 0 saturated carbocycles. The minimum Gasteiger partial charge on any atom is -0.497 e. The standard InChI is InChI=1S/C25H33N3O3/c1-19-6-9-22(10-7-19)27-25(30)28-16-13-20(14-17-28)12-15-26-24(29)11-8-21-4-3-5-23(18-21)31-2/h3-7,9-10,18,20H,8,11-17H2,1-2H3,(H,26,29)(H,27,30). The molecule has 31 heavy (non-hydrogen) atoms. The number of likely N-dealkylation sites (tertiary alicyclic amines) is 1. The van der Waals surface area contributed by atoms with Crippen LogP contribution in [0.1, 0.15) is 36.8 Å². The van der Waals surface area contributed by atoms with Crippen LogP contribution in [-0.4, -0.2) is 43.6 Å². The van der Waals surface area contributed by atoms with Gasteiger partial charge in [0.15, 0.2) is 0 Å². The highest BCUT2D eigenvalue weighted by atomic mass is 16.5. The Labute approximate surface area is 185 Å². The predicted molar refractivity (Wildman–Crippen MR) is 123 cm³/mol. The van der Waals surface area contributed by atoms with Crippen molar-refractivity contribution in [2.75, 3.05) is 32.1 Å². The van der Waals surface area contributed by atoms with Crippen LogP contribution in [0.25, 0.3) is 0 Å². The summed E-state index contributed by atoms with van der Waals surface area (Å²) in [5.41, 5.74) is 3.10. The molecule has 6 heteroatoms.